The minimum Gasteiger partial charge on any atom is -0.207 e. The van der Waals surface area contributed by atoms with Gasteiger partial charge in [0.1, 0.15) is 5.82 Å². The van der Waals surface area contributed by atoms with Gasteiger partial charge in [0.2, 0.25) is 0 Å². The first-order chi connectivity index (χ1) is 9.68. The van der Waals surface area contributed by atoms with E-state index in [2.05, 4.69) is 44.0 Å². The van der Waals surface area contributed by atoms with Crippen molar-refractivity contribution in [3.63, 3.8) is 0 Å². The highest BCUT2D eigenvalue weighted by Crippen LogP contribution is 2.38. The van der Waals surface area contributed by atoms with Crippen LogP contribution in [-0.4, -0.2) is 0 Å². The lowest BCUT2D eigenvalue weighted by atomic mass is 9.98. The van der Waals surface area contributed by atoms with Crippen LogP contribution in [0.4, 0.5) is 4.39 Å². The van der Waals surface area contributed by atoms with E-state index in [4.69, 9.17) is 0 Å². The maximum Gasteiger partial charge on any atom is 0.127 e. The molecule has 0 fully saturated rings. The summed E-state index contributed by atoms with van der Waals surface area (Å²) < 4.78 is 15.0. The zero-order valence-corrected chi connectivity index (χ0v) is 13.7. The first-order valence-electron chi connectivity index (χ1n) is 6.24. The summed E-state index contributed by atoms with van der Waals surface area (Å²) in [6.07, 6.45) is 0. The molecule has 3 aromatic carbocycles. The van der Waals surface area contributed by atoms with E-state index >= 15 is 0 Å². The molecule has 0 radical (unpaired) electrons. The second-order valence-corrected chi connectivity index (χ2v) is 6.34. The van der Waals surface area contributed by atoms with Crippen molar-refractivity contribution < 1.29 is 4.39 Å². The molecule has 0 heterocycles. The summed E-state index contributed by atoms with van der Waals surface area (Å²) in [4.78, 5) is -0.165. The maximum atomic E-state index is 14.0. The molecule has 0 amide bonds. The summed E-state index contributed by atoms with van der Waals surface area (Å²) in [6.45, 7) is 0. The van der Waals surface area contributed by atoms with Gasteiger partial charge in [-0.25, -0.2) is 4.39 Å². The third-order valence-electron chi connectivity index (χ3n) is 3.36. The lowest BCUT2D eigenvalue weighted by molar-refractivity contribution is 0.614. The Morgan fingerprint density at radius 3 is 2.15 bits per heavy atom. The van der Waals surface area contributed by atoms with Crippen LogP contribution in [0.3, 0.4) is 0 Å². The van der Waals surface area contributed by atoms with Crippen LogP contribution in [0, 0.1) is 5.82 Å². The zero-order valence-electron chi connectivity index (χ0n) is 10.5. The molecule has 1 atom stereocenters. The topological polar surface area (TPSA) is 0 Å². The molecule has 0 N–H and O–H groups in total. The maximum absolute atomic E-state index is 14.0. The molecule has 0 nitrogen and oxygen atoms in total. The van der Waals surface area contributed by atoms with Crippen LogP contribution in [0.5, 0.6) is 0 Å². The summed E-state index contributed by atoms with van der Waals surface area (Å²) >= 11 is 7.20. The molecule has 0 aromatic heterocycles. The molecule has 0 bridgehead atoms. The average molecular weight is 394 g/mol. The Morgan fingerprint density at radius 1 is 0.750 bits per heavy atom. The number of benzene rings is 3. The van der Waals surface area contributed by atoms with Gasteiger partial charge in [-0.15, -0.1) is 0 Å². The number of alkyl halides is 1. The Labute approximate surface area is 133 Å². The van der Waals surface area contributed by atoms with Gasteiger partial charge in [0, 0.05) is 10.0 Å². The van der Waals surface area contributed by atoms with Gasteiger partial charge in [-0.3, -0.25) is 0 Å². The van der Waals surface area contributed by atoms with Gasteiger partial charge in [0.15, 0.2) is 0 Å². The number of halogens is 3. The van der Waals surface area contributed by atoms with Gasteiger partial charge < -0.3 is 0 Å². The van der Waals surface area contributed by atoms with E-state index in [1.165, 1.54) is 6.07 Å². The quantitative estimate of drug-likeness (QED) is 0.453. The van der Waals surface area contributed by atoms with Gasteiger partial charge in [-0.05, 0) is 28.5 Å². The fourth-order valence-corrected chi connectivity index (χ4v) is 3.60. The van der Waals surface area contributed by atoms with Gasteiger partial charge in [0.05, 0.1) is 4.83 Å². The number of hydrogen-bond acceptors (Lipinski definition) is 0. The third kappa shape index (κ3) is 2.40. The summed E-state index contributed by atoms with van der Waals surface area (Å²) in [5.41, 5.74) is 1.72. The molecule has 3 heteroatoms. The third-order valence-corrected chi connectivity index (χ3v) is 5.03. The fraction of sp³-hybridized carbons (Fsp3) is 0.0588. The molecular formula is C17H11Br2F. The molecule has 0 saturated carbocycles. The molecule has 0 aliphatic rings. The van der Waals surface area contributed by atoms with Crippen molar-refractivity contribution in [3.8, 4) is 0 Å². The highest BCUT2D eigenvalue weighted by molar-refractivity contribution is 9.10. The van der Waals surface area contributed by atoms with Crippen molar-refractivity contribution in [3.05, 3.63) is 82.1 Å². The minimum atomic E-state index is -0.193. The van der Waals surface area contributed by atoms with Gasteiger partial charge in [0.25, 0.3) is 0 Å². The zero-order chi connectivity index (χ0) is 14.1. The predicted octanol–water partition coefficient (Wildman–Crippen LogP) is 6.23. The van der Waals surface area contributed by atoms with Crippen LogP contribution in [-0.2, 0) is 0 Å². The SMILES string of the molecule is Fc1ccccc1C(Br)c1ccc(Br)c2ccccc12. The van der Waals surface area contributed by atoms with Crippen LogP contribution in [0.2, 0.25) is 0 Å². The molecule has 1 unspecified atom stereocenters. The van der Waals surface area contributed by atoms with Crippen molar-refractivity contribution in [1.29, 1.82) is 0 Å². The van der Waals surface area contributed by atoms with E-state index in [9.17, 15) is 4.39 Å². The van der Waals surface area contributed by atoms with Crippen molar-refractivity contribution >= 4 is 42.6 Å². The lowest BCUT2D eigenvalue weighted by Crippen LogP contribution is -1.97. The van der Waals surface area contributed by atoms with Crippen LogP contribution in [0.15, 0.2) is 65.1 Å². The second kappa shape index (κ2) is 5.66. The van der Waals surface area contributed by atoms with Crippen molar-refractivity contribution in [2.24, 2.45) is 0 Å². The van der Waals surface area contributed by atoms with E-state index in [0.717, 1.165) is 20.8 Å². The van der Waals surface area contributed by atoms with Crippen LogP contribution < -0.4 is 0 Å². The Balaban J connectivity index is 2.20. The lowest BCUT2D eigenvalue weighted by Gasteiger charge is -2.15. The minimum absolute atomic E-state index is 0.165. The highest BCUT2D eigenvalue weighted by atomic mass is 79.9. The molecule has 0 aliphatic carbocycles. The molecule has 3 aromatic rings. The Hall–Kier alpha value is -1.19. The Kier molecular flexibility index (Phi) is 3.90. The van der Waals surface area contributed by atoms with E-state index < -0.39 is 0 Å². The molecular weight excluding hydrogens is 383 g/mol. The molecule has 20 heavy (non-hydrogen) atoms. The number of fused-ring (bicyclic) bond motifs is 1. The second-order valence-electron chi connectivity index (χ2n) is 4.57. The summed E-state index contributed by atoms with van der Waals surface area (Å²) in [5, 5.41) is 2.25. The molecule has 0 spiro atoms. The van der Waals surface area contributed by atoms with Crippen LogP contribution in [0.25, 0.3) is 10.8 Å². The normalized spacial score (nSPS) is 12.6. The monoisotopic (exact) mass is 392 g/mol. The van der Waals surface area contributed by atoms with E-state index in [0.29, 0.717) is 5.56 Å². The van der Waals surface area contributed by atoms with E-state index in [1.807, 2.05) is 36.4 Å². The van der Waals surface area contributed by atoms with Crippen LogP contribution >= 0.6 is 31.9 Å². The van der Waals surface area contributed by atoms with Gasteiger partial charge in [-0.2, -0.15) is 0 Å². The summed E-state index contributed by atoms with van der Waals surface area (Å²) in [5.74, 6) is -0.193. The van der Waals surface area contributed by atoms with E-state index in [-0.39, 0.29) is 10.6 Å². The predicted molar refractivity (Wildman–Crippen MR) is 88.8 cm³/mol. The Bertz CT molecular complexity index is 768. The first-order valence-corrected chi connectivity index (χ1v) is 7.95. The highest BCUT2D eigenvalue weighted by Gasteiger charge is 2.17. The van der Waals surface area contributed by atoms with Crippen molar-refractivity contribution in [1.82, 2.24) is 0 Å². The standard InChI is InChI=1S/C17H11Br2F/c18-15-10-9-13(11-5-1-2-6-12(11)15)17(19)14-7-3-4-8-16(14)20/h1-10,17H. The molecule has 3 rings (SSSR count). The van der Waals surface area contributed by atoms with Crippen molar-refractivity contribution in [2.45, 2.75) is 4.83 Å². The number of rotatable bonds is 2. The largest absolute Gasteiger partial charge is 0.207 e. The van der Waals surface area contributed by atoms with Crippen molar-refractivity contribution in [2.75, 3.05) is 0 Å². The smallest absolute Gasteiger partial charge is 0.127 e. The first kappa shape index (κ1) is 13.8. The summed E-state index contributed by atoms with van der Waals surface area (Å²) in [6, 6.07) is 19.0. The molecule has 0 saturated heterocycles. The number of hydrogen-bond donors (Lipinski definition) is 0. The van der Waals surface area contributed by atoms with Crippen LogP contribution in [0.1, 0.15) is 16.0 Å². The average Bonchev–Trinajstić information content (AvgIpc) is 2.48. The van der Waals surface area contributed by atoms with Gasteiger partial charge in [-0.1, -0.05) is 80.4 Å². The molecule has 100 valence electrons. The summed E-state index contributed by atoms with van der Waals surface area (Å²) in [7, 11) is 0. The van der Waals surface area contributed by atoms with Gasteiger partial charge >= 0.3 is 0 Å². The fourth-order valence-electron chi connectivity index (χ4n) is 2.35. The molecule has 0 aliphatic heterocycles. The Morgan fingerprint density at radius 2 is 1.40 bits per heavy atom. The van der Waals surface area contributed by atoms with E-state index in [1.54, 1.807) is 6.07 Å².